The summed E-state index contributed by atoms with van der Waals surface area (Å²) in [6.07, 6.45) is 1.63. The molecule has 1 atom stereocenters. The van der Waals surface area contributed by atoms with Crippen molar-refractivity contribution in [2.45, 2.75) is 19.4 Å². The molecule has 0 saturated heterocycles. The highest BCUT2D eigenvalue weighted by Crippen LogP contribution is 2.31. The summed E-state index contributed by atoms with van der Waals surface area (Å²) in [6, 6.07) is 7.86. The Morgan fingerprint density at radius 3 is 3.09 bits per heavy atom. The topological polar surface area (TPSA) is 42.4 Å². The number of carbonyl (C=O) groups excluding carboxylic acids is 1. The molecule has 114 valence electrons. The maximum atomic E-state index is 13.2. The Morgan fingerprint density at radius 2 is 2.32 bits per heavy atom. The average molecular weight is 321 g/mol. The highest BCUT2D eigenvalue weighted by molar-refractivity contribution is 6.30. The zero-order valence-corrected chi connectivity index (χ0v) is 12.7. The Morgan fingerprint density at radius 1 is 1.50 bits per heavy atom. The van der Waals surface area contributed by atoms with Crippen LogP contribution < -0.4 is 9.64 Å². The molecule has 1 aromatic heterocycles. The predicted octanol–water partition coefficient (Wildman–Crippen LogP) is 3.23. The van der Waals surface area contributed by atoms with Crippen LogP contribution in [-0.2, 0) is 11.2 Å². The Balaban J connectivity index is 1.84. The normalized spacial score (nSPS) is 16.9. The van der Waals surface area contributed by atoms with Crippen molar-refractivity contribution in [3.8, 4) is 5.88 Å². The van der Waals surface area contributed by atoms with E-state index in [0.717, 1.165) is 0 Å². The van der Waals surface area contributed by atoms with E-state index in [2.05, 4.69) is 4.98 Å². The van der Waals surface area contributed by atoms with Crippen LogP contribution in [0.25, 0.3) is 0 Å². The Labute approximate surface area is 132 Å². The second-order valence-electron chi connectivity index (χ2n) is 5.19. The summed E-state index contributed by atoms with van der Waals surface area (Å²) in [5.74, 6) is -0.147. The molecule has 0 fully saturated rings. The summed E-state index contributed by atoms with van der Waals surface area (Å²) in [7, 11) is 0. The van der Waals surface area contributed by atoms with Gasteiger partial charge in [0, 0.05) is 6.20 Å². The van der Waals surface area contributed by atoms with Crippen molar-refractivity contribution >= 4 is 23.2 Å². The number of anilines is 1. The first kappa shape index (κ1) is 14.8. The van der Waals surface area contributed by atoms with Gasteiger partial charge < -0.3 is 9.64 Å². The van der Waals surface area contributed by atoms with Gasteiger partial charge in [-0.3, -0.25) is 4.79 Å². The molecule has 0 spiro atoms. The van der Waals surface area contributed by atoms with Gasteiger partial charge in [-0.15, -0.1) is 0 Å². The van der Waals surface area contributed by atoms with Gasteiger partial charge in [-0.05, 0) is 36.8 Å². The van der Waals surface area contributed by atoms with Gasteiger partial charge >= 0.3 is 0 Å². The van der Waals surface area contributed by atoms with Crippen molar-refractivity contribution in [1.29, 1.82) is 0 Å². The van der Waals surface area contributed by atoms with Gasteiger partial charge in [0.1, 0.15) is 17.6 Å². The molecule has 1 aliphatic heterocycles. The van der Waals surface area contributed by atoms with Gasteiger partial charge in [-0.25, -0.2) is 9.37 Å². The maximum Gasteiger partial charge on any atom is 0.238 e. The summed E-state index contributed by atoms with van der Waals surface area (Å²) in [5, 5.41) is 0.0164. The van der Waals surface area contributed by atoms with E-state index in [9.17, 15) is 9.18 Å². The van der Waals surface area contributed by atoms with E-state index in [1.54, 1.807) is 29.3 Å². The van der Waals surface area contributed by atoms with Crippen LogP contribution in [0.15, 0.2) is 36.5 Å². The number of amides is 1. The minimum absolute atomic E-state index is 0.0164. The third-order valence-electron chi connectivity index (χ3n) is 3.43. The van der Waals surface area contributed by atoms with Crippen LogP contribution in [0.5, 0.6) is 5.88 Å². The number of carbonyl (C=O) groups is 1. The van der Waals surface area contributed by atoms with Gasteiger partial charge in [-0.1, -0.05) is 17.7 Å². The number of nitrogens with zero attached hydrogens (tertiary/aromatic N) is 2. The van der Waals surface area contributed by atoms with E-state index in [1.807, 2.05) is 6.92 Å². The molecule has 0 bridgehead atoms. The van der Waals surface area contributed by atoms with Crippen molar-refractivity contribution in [3.05, 3.63) is 52.9 Å². The van der Waals surface area contributed by atoms with E-state index in [4.69, 9.17) is 16.3 Å². The third kappa shape index (κ3) is 2.90. The van der Waals surface area contributed by atoms with Crippen LogP contribution in [0.4, 0.5) is 10.1 Å². The molecule has 0 saturated carbocycles. The Kier molecular flexibility index (Phi) is 3.98. The fourth-order valence-electron chi connectivity index (χ4n) is 2.42. The quantitative estimate of drug-likeness (QED) is 0.853. The standard InChI is InChI=1S/C16H14ClFN2O2/c1-10-9-20(14-3-2-6-19-16(14)22-10)15(21)8-11-4-5-13(18)12(17)7-11/h2-7,10H,8-9H2,1H3. The number of fused-ring (bicyclic) bond motifs is 1. The molecule has 4 nitrogen and oxygen atoms in total. The lowest BCUT2D eigenvalue weighted by molar-refractivity contribution is -0.118. The van der Waals surface area contributed by atoms with Crippen LogP contribution in [0, 0.1) is 5.82 Å². The van der Waals surface area contributed by atoms with Crippen LogP contribution in [0.2, 0.25) is 5.02 Å². The van der Waals surface area contributed by atoms with E-state index in [-0.39, 0.29) is 23.5 Å². The summed E-state index contributed by atoms with van der Waals surface area (Å²) < 4.78 is 18.8. The minimum Gasteiger partial charge on any atom is -0.471 e. The predicted molar refractivity (Wildman–Crippen MR) is 81.8 cm³/mol. The Hall–Kier alpha value is -2.14. The van der Waals surface area contributed by atoms with Crippen molar-refractivity contribution in [1.82, 2.24) is 4.98 Å². The van der Waals surface area contributed by atoms with Crippen LogP contribution >= 0.6 is 11.6 Å². The SMILES string of the molecule is CC1CN(C(=O)Cc2ccc(F)c(Cl)c2)c2cccnc2O1. The molecule has 1 aromatic carbocycles. The smallest absolute Gasteiger partial charge is 0.238 e. The first-order valence-electron chi connectivity index (χ1n) is 6.90. The highest BCUT2D eigenvalue weighted by atomic mass is 35.5. The first-order chi connectivity index (χ1) is 10.5. The van der Waals surface area contributed by atoms with Gasteiger partial charge in [0.15, 0.2) is 0 Å². The van der Waals surface area contributed by atoms with Crippen LogP contribution in [-0.4, -0.2) is 23.5 Å². The number of rotatable bonds is 2. The lowest BCUT2D eigenvalue weighted by Gasteiger charge is -2.32. The fourth-order valence-corrected chi connectivity index (χ4v) is 2.62. The summed E-state index contributed by atoms with van der Waals surface area (Å²) >= 11 is 5.76. The first-order valence-corrected chi connectivity index (χ1v) is 7.28. The van der Waals surface area contributed by atoms with Gasteiger partial charge in [0.2, 0.25) is 11.8 Å². The fraction of sp³-hybridized carbons (Fsp3) is 0.250. The van der Waals surface area contributed by atoms with E-state index in [0.29, 0.717) is 23.7 Å². The summed E-state index contributed by atoms with van der Waals surface area (Å²) in [5.41, 5.74) is 1.32. The molecule has 0 aliphatic carbocycles. The largest absolute Gasteiger partial charge is 0.471 e. The third-order valence-corrected chi connectivity index (χ3v) is 3.72. The van der Waals surface area contributed by atoms with E-state index < -0.39 is 5.82 Å². The second-order valence-corrected chi connectivity index (χ2v) is 5.59. The number of halogens is 2. The molecule has 0 radical (unpaired) electrons. The van der Waals surface area contributed by atoms with Crippen LogP contribution in [0.3, 0.4) is 0 Å². The molecule has 0 N–H and O–H groups in total. The average Bonchev–Trinajstić information content (AvgIpc) is 2.50. The maximum absolute atomic E-state index is 13.2. The van der Waals surface area contributed by atoms with Crippen molar-refractivity contribution in [2.24, 2.45) is 0 Å². The highest BCUT2D eigenvalue weighted by Gasteiger charge is 2.28. The zero-order valence-electron chi connectivity index (χ0n) is 11.9. The minimum atomic E-state index is -0.493. The van der Waals surface area contributed by atoms with Crippen molar-refractivity contribution < 1.29 is 13.9 Å². The molecule has 1 amide bonds. The second kappa shape index (κ2) is 5.93. The molecule has 2 heterocycles. The molecule has 22 heavy (non-hydrogen) atoms. The van der Waals surface area contributed by atoms with Gasteiger partial charge in [0.05, 0.1) is 18.0 Å². The number of ether oxygens (including phenoxy) is 1. The molecule has 1 unspecified atom stereocenters. The number of aromatic nitrogens is 1. The number of benzene rings is 1. The monoisotopic (exact) mass is 320 g/mol. The van der Waals surface area contributed by atoms with Crippen molar-refractivity contribution in [3.63, 3.8) is 0 Å². The molecule has 6 heteroatoms. The van der Waals surface area contributed by atoms with Crippen LogP contribution in [0.1, 0.15) is 12.5 Å². The van der Waals surface area contributed by atoms with E-state index >= 15 is 0 Å². The molecular weight excluding hydrogens is 307 g/mol. The molecule has 2 aromatic rings. The van der Waals surface area contributed by atoms with E-state index in [1.165, 1.54) is 12.1 Å². The molecule has 3 rings (SSSR count). The van der Waals surface area contributed by atoms with Gasteiger partial charge in [-0.2, -0.15) is 0 Å². The number of pyridine rings is 1. The Bertz CT molecular complexity index is 723. The lowest BCUT2D eigenvalue weighted by Crippen LogP contribution is -2.43. The summed E-state index contributed by atoms with van der Waals surface area (Å²) in [4.78, 5) is 18.4. The number of hydrogen-bond acceptors (Lipinski definition) is 3. The molecular formula is C16H14ClFN2O2. The lowest BCUT2D eigenvalue weighted by atomic mass is 10.1. The van der Waals surface area contributed by atoms with Gasteiger partial charge in [0.25, 0.3) is 0 Å². The summed E-state index contributed by atoms with van der Waals surface area (Å²) in [6.45, 7) is 2.33. The number of hydrogen-bond donors (Lipinski definition) is 0. The molecule has 1 aliphatic rings. The van der Waals surface area contributed by atoms with Crippen molar-refractivity contribution in [2.75, 3.05) is 11.4 Å². The zero-order chi connectivity index (χ0) is 15.7.